The number of para-hydroxylation sites is 2. The van der Waals surface area contributed by atoms with Gasteiger partial charge in [-0.2, -0.15) is 0 Å². The first kappa shape index (κ1) is 37.7. The first-order valence-electron chi connectivity index (χ1n) is 21.1. The quantitative estimate of drug-likeness (QED) is 0.167. The van der Waals surface area contributed by atoms with Gasteiger partial charge in [0.25, 0.3) is 0 Å². The van der Waals surface area contributed by atoms with Crippen molar-refractivity contribution in [2.75, 3.05) is 9.80 Å². The van der Waals surface area contributed by atoms with Crippen molar-refractivity contribution in [1.29, 1.82) is 0 Å². The van der Waals surface area contributed by atoms with E-state index in [9.17, 15) is 0 Å². The second-order valence-corrected chi connectivity index (χ2v) is 19.1. The first-order chi connectivity index (χ1) is 27.7. The lowest BCUT2D eigenvalue weighted by molar-refractivity contribution is 0.590. The molecule has 0 N–H and O–H groups in total. The van der Waals surface area contributed by atoms with Gasteiger partial charge in [-0.15, -0.1) is 0 Å². The van der Waals surface area contributed by atoms with Gasteiger partial charge in [0.15, 0.2) is 0 Å². The van der Waals surface area contributed by atoms with Gasteiger partial charge in [0.05, 0.1) is 11.4 Å². The molecule has 0 aromatic heterocycles. The molecule has 7 aromatic rings. The predicted molar refractivity (Wildman–Crippen MR) is 250 cm³/mol. The summed E-state index contributed by atoms with van der Waals surface area (Å²) in [6, 6.07) is 54.5. The molecule has 58 heavy (non-hydrogen) atoms. The van der Waals surface area contributed by atoms with Crippen molar-refractivity contribution in [2.24, 2.45) is 0 Å². The molecule has 0 spiro atoms. The van der Waals surface area contributed by atoms with Crippen LogP contribution in [0.15, 0.2) is 152 Å². The van der Waals surface area contributed by atoms with Gasteiger partial charge in [-0.25, -0.2) is 0 Å². The van der Waals surface area contributed by atoms with Crippen LogP contribution in [-0.4, -0.2) is 0 Å². The van der Waals surface area contributed by atoms with Gasteiger partial charge in [-0.05, 0) is 128 Å². The lowest BCUT2D eigenvalue weighted by atomic mass is 9.77. The van der Waals surface area contributed by atoms with E-state index in [0.717, 1.165) is 23.5 Å². The Morgan fingerprint density at radius 3 is 1.45 bits per heavy atom. The average molecular weight is 757 g/mol. The van der Waals surface area contributed by atoms with E-state index in [1.165, 1.54) is 72.3 Å². The van der Waals surface area contributed by atoms with Crippen molar-refractivity contribution in [3.8, 4) is 11.1 Å². The standard InChI is InChI=1S/C56H56N2/c1-37-19-18-26-46-50(58(41-22-14-11-15-23-41)43-33-29-39(30-34-43)55(5,6)7)36-48-53(51(37)46)52-45-25-17-16-24-44(45)49(35-47(52)56(48,8)9)57(40-20-12-10-13-21-40)42-31-27-38(28-32-42)54(2,3)4/h10-18,20-37H,19H2,1-9H3. The van der Waals surface area contributed by atoms with E-state index in [1.54, 1.807) is 0 Å². The third-order valence-electron chi connectivity index (χ3n) is 12.8. The minimum absolute atomic E-state index is 0.0719. The van der Waals surface area contributed by atoms with E-state index in [2.05, 4.69) is 230 Å². The van der Waals surface area contributed by atoms with Crippen molar-refractivity contribution < 1.29 is 0 Å². The molecule has 0 saturated heterocycles. The van der Waals surface area contributed by atoms with Gasteiger partial charge in [0.2, 0.25) is 0 Å². The van der Waals surface area contributed by atoms with E-state index in [0.29, 0.717) is 5.92 Å². The molecule has 1 atom stereocenters. The van der Waals surface area contributed by atoms with E-state index in [1.807, 2.05) is 0 Å². The monoisotopic (exact) mass is 756 g/mol. The largest absolute Gasteiger partial charge is 0.310 e. The molecule has 0 heterocycles. The van der Waals surface area contributed by atoms with E-state index in [4.69, 9.17) is 0 Å². The Labute approximate surface area is 346 Å². The zero-order valence-electron chi connectivity index (χ0n) is 35.7. The van der Waals surface area contributed by atoms with Gasteiger partial charge in [-0.3, -0.25) is 0 Å². The van der Waals surface area contributed by atoms with Crippen LogP contribution in [-0.2, 0) is 16.2 Å². The molecule has 0 aliphatic heterocycles. The van der Waals surface area contributed by atoms with E-state index >= 15 is 0 Å². The third-order valence-corrected chi connectivity index (χ3v) is 12.8. The lowest BCUT2D eigenvalue weighted by Crippen LogP contribution is -2.20. The Hall–Kier alpha value is -5.86. The topological polar surface area (TPSA) is 6.48 Å². The number of rotatable bonds is 6. The van der Waals surface area contributed by atoms with Gasteiger partial charge in [-0.1, -0.05) is 159 Å². The molecule has 0 amide bonds. The maximum atomic E-state index is 2.54. The summed E-state index contributed by atoms with van der Waals surface area (Å²) in [5.74, 6) is 0.358. The minimum Gasteiger partial charge on any atom is -0.310 e. The smallest absolute Gasteiger partial charge is 0.0543 e. The van der Waals surface area contributed by atoms with Gasteiger partial charge < -0.3 is 9.80 Å². The van der Waals surface area contributed by atoms with Crippen molar-refractivity contribution >= 4 is 51.0 Å². The Morgan fingerprint density at radius 1 is 0.500 bits per heavy atom. The molecule has 2 nitrogen and oxygen atoms in total. The Bertz CT molecular complexity index is 2670. The van der Waals surface area contributed by atoms with Gasteiger partial charge >= 0.3 is 0 Å². The van der Waals surface area contributed by atoms with Crippen LogP contribution in [0, 0.1) is 0 Å². The highest BCUT2D eigenvalue weighted by molar-refractivity contribution is 6.11. The van der Waals surface area contributed by atoms with Crippen LogP contribution in [0.4, 0.5) is 34.1 Å². The number of hydrogen-bond acceptors (Lipinski definition) is 2. The first-order valence-corrected chi connectivity index (χ1v) is 21.1. The maximum Gasteiger partial charge on any atom is 0.0543 e. The van der Waals surface area contributed by atoms with Crippen LogP contribution in [0.3, 0.4) is 0 Å². The Balaban J connectivity index is 1.31. The molecule has 2 heteroatoms. The number of anilines is 6. The highest BCUT2D eigenvalue weighted by Gasteiger charge is 2.42. The summed E-state index contributed by atoms with van der Waals surface area (Å²) in [4.78, 5) is 4.97. The Morgan fingerprint density at radius 2 is 0.931 bits per heavy atom. The molecular weight excluding hydrogens is 701 g/mol. The number of allylic oxidation sites excluding steroid dienone is 1. The van der Waals surface area contributed by atoms with E-state index < -0.39 is 0 Å². The fraction of sp³-hybridized carbons (Fsp3) is 0.250. The molecule has 0 radical (unpaired) electrons. The van der Waals surface area contributed by atoms with Crippen molar-refractivity contribution in [3.63, 3.8) is 0 Å². The highest BCUT2D eigenvalue weighted by Crippen LogP contribution is 2.59. The SMILES string of the molecule is CC1CC=Cc2c(N(c3ccccc3)c3ccc(C(C)(C)C)cc3)cc3c(c21)-c1c(cc(N(c2ccccc2)c2ccc(C(C)(C)C)cc2)c2ccccc12)C3(C)C. The number of fused-ring (bicyclic) bond motifs is 7. The lowest BCUT2D eigenvalue weighted by Gasteiger charge is -2.34. The summed E-state index contributed by atoms with van der Waals surface area (Å²) in [5.41, 5.74) is 18.0. The van der Waals surface area contributed by atoms with Crippen molar-refractivity contribution in [3.05, 3.63) is 185 Å². The molecule has 1 unspecified atom stereocenters. The minimum atomic E-state index is -0.273. The molecule has 2 aliphatic rings. The summed E-state index contributed by atoms with van der Waals surface area (Å²) in [6.45, 7) is 21.0. The fourth-order valence-corrected chi connectivity index (χ4v) is 9.52. The van der Waals surface area contributed by atoms with Gasteiger partial charge in [0, 0.05) is 39.1 Å². The molecule has 0 fully saturated rings. The third kappa shape index (κ3) is 6.25. The number of hydrogen-bond donors (Lipinski definition) is 0. The van der Waals surface area contributed by atoms with Crippen LogP contribution < -0.4 is 9.80 Å². The summed E-state index contributed by atoms with van der Waals surface area (Å²) < 4.78 is 0. The molecule has 290 valence electrons. The fourth-order valence-electron chi connectivity index (χ4n) is 9.52. The highest BCUT2D eigenvalue weighted by atomic mass is 15.2. The molecule has 2 aliphatic carbocycles. The van der Waals surface area contributed by atoms with Crippen LogP contribution in [0.1, 0.15) is 108 Å². The van der Waals surface area contributed by atoms with Crippen molar-refractivity contribution in [2.45, 2.75) is 90.9 Å². The average Bonchev–Trinajstić information content (AvgIpc) is 3.44. The second kappa shape index (κ2) is 13.9. The van der Waals surface area contributed by atoms with Crippen LogP contribution in [0.2, 0.25) is 0 Å². The summed E-state index contributed by atoms with van der Waals surface area (Å²) >= 11 is 0. The predicted octanol–water partition coefficient (Wildman–Crippen LogP) is 16.2. The number of benzene rings is 7. The summed E-state index contributed by atoms with van der Waals surface area (Å²) in [6.07, 6.45) is 5.82. The van der Waals surface area contributed by atoms with Gasteiger partial charge in [0.1, 0.15) is 0 Å². The second-order valence-electron chi connectivity index (χ2n) is 19.1. The summed E-state index contributed by atoms with van der Waals surface area (Å²) in [7, 11) is 0. The van der Waals surface area contributed by atoms with Crippen LogP contribution in [0.25, 0.3) is 28.0 Å². The number of nitrogens with zero attached hydrogens (tertiary/aromatic N) is 2. The molecule has 0 saturated carbocycles. The zero-order valence-corrected chi connectivity index (χ0v) is 35.7. The molecule has 0 bridgehead atoms. The van der Waals surface area contributed by atoms with Crippen LogP contribution >= 0.6 is 0 Å². The molecule has 7 aromatic carbocycles. The summed E-state index contributed by atoms with van der Waals surface area (Å²) in [5, 5.41) is 2.57. The normalized spacial score (nSPS) is 15.5. The van der Waals surface area contributed by atoms with Crippen LogP contribution in [0.5, 0.6) is 0 Å². The zero-order chi connectivity index (χ0) is 40.6. The van der Waals surface area contributed by atoms with E-state index in [-0.39, 0.29) is 16.2 Å². The molecular formula is C56H56N2. The van der Waals surface area contributed by atoms with Crippen molar-refractivity contribution in [1.82, 2.24) is 0 Å². The Kier molecular flexibility index (Phi) is 9.04. The molecule has 9 rings (SSSR count). The maximum absolute atomic E-state index is 2.54.